The van der Waals surface area contributed by atoms with E-state index in [1.54, 1.807) is 6.07 Å². The molecule has 0 spiro atoms. The van der Waals surface area contributed by atoms with Gasteiger partial charge in [0.1, 0.15) is 5.15 Å². The molecule has 1 aromatic heterocycles. The molecule has 0 radical (unpaired) electrons. The van der Waals surface area contributed by atoms with Gasteiger partial charge >= 0.3 is 0 Å². The van der Waals surface area contributed by atoms with Crippen molar-refractivity contribution in [3.63, 3.8) is 0 Å². The minimum absolute atomic E-state index is 0.218. The van der Waals surface area contributed by atoms with E-state index in [2.05, 4.69) is 10.3 Å². The summed E-state index contributed by atoms with van der Waals surface area (Å²) >= 11 is 5.86. The molecule has 1 N–H and O–H groups in total. The lowest BCUT2D eigenvalue weighted by atomic mass is 10.1. The van der Waals surface area contributed by atoms with E-state index in [1.807, 2.05) is 32.0 Å². The number of carbonyl (C=O) groups excluding carboxylic acids is 1. The maximum Gasteiger partial charge on any atom is 0.255 e. The van der Waals surface area contributed by atoms with E-state index in [4.69, 9.17) is 16.3 Å². The quantitative estimate of drug-likeness (QED) is 0.879. The molecular formula is C15H15ClN2O2. The molecule has 0 aliphatic heterocycles. The SMILES string of the molecule is COc1cc(C(=O)Nc2cc(C)ccc2C)cc(Cl)n1. The number of halogens is 1. The second-order valence-corrected chi connectivity index (χ2v) is 4.88. The summed E-state index contributed by atoms with van der Waals surface area (Å²) < 4.78 is 5.00. The molecule has 0 aliphatic carbocycles. The Balaban J connectivity index is 2.28. The summed E-state index contributed by atoms with van der Waals surface area (Å²) in [6.45, 7) is 3.91. The molecule has 0 bridgehead atoms. The first kappa shape index (κ1) is 14.3. The lowest BCUT2D eigenvalue weighted by Gasteiger charge is -2.10. The highest BCUT2D eigenvalue weighted by atomic mass is 35.5. The average molecular weight is 291 g/mol. The third-order valence-electron chi connectivity index (χ3n) is 2.88. The van der Waals surface area contributed by atoms with Crippen LogP contribution in [-0.4, -0.2) is 18.0 Å². The normalized spacial score (nSPS) is 10.2. The minimum Gasteiger partial charge on any atom is -0.481 e. The fourth-order valence-corrected chi connectivity index (χ4v) is 1.97. The topological polar surface area (TPSA) is 51.2 Å². The van der Waals surface area contributed by atoms with Crippen molar-refractivity contribution in [3.05, 3.63) is 52.2 Å². The van der Waals surface area contributed by atoms with Crippen molar-refractivity contribution in [1.82, 2.24) is 4.98 Å². The molecule has 0 saturated carbocycles. The molecule has 5 heteroatoms. The molecule has 4 nitrogen and oxygen atoms in total. The summed E-state index contributed by atoms with van der Waals surface area (Å²) in [5.41, 5.74) is 3.26. The Labute approximate surface area is 122 Å². The Bertz CT molecular complexity index is 656. The van der Waals surface area contributed by atoms with Crippen molar-refractivity contribution in [2.45, 2.75) is 13.8 Å². The zero-order valence-corrected chi connectivity index (χ0v) is 12.3. The van der Waals surface area contributed by atoms with Crippen LogP contribution in [-0.2, 0) is 0 Å². The van der Waals surface area contributed by atoms with Crippen molar-refractivity contribution in [2.24, 2.45) is 0 Å². The van der Waals surface area contributed by atoms with Crippen LogP contribution in [0.15, 0.2) is 30.3 Å². The number of anilines is 1. The van der Waals surface area contributed by atoms with Crippen LogP contribution >= 0.6 is 11.6 Å². The van der Waals surface area contributed by atoms with Gasteiger partial charge in [0, 0.05) is 17.3 Å². The van der Waals surface area contributed by atoms with Gasteiger partial charge in [0.25, 0.3) is 5.91 Å². The second kappa shape index (κ2) is 5.92. The number of methoxy groups -OCH3 is 1. The number of rotatable bonds is 3. The largest absolute Gasteiger partial charge is 0.481 e. The fourth-order valence-electron chi connectivity index (χ4n) is 1.77. The van der Waals surface area contributed by atoms with Crippen molar-refractivity contribution in [3.8, 4) is 5.88 Å². The smallest absolute Gasteiger partial charge is 0.255 e. The first-order valence-electron chi connectivity index (χ1n) is 6.10. The number of hydrogen-bond donors (Lipinski definition) is 1. The van der Waals surface area contributed by atoms with E-state index >= 15 is 0 Å². The van der Waals surface area contributed by atoms with Crippen LogP contribution in [0, 0.1) is 13.8 Å². The maximum absolute atomic E-state index is 12.2. The summed E-state index contributed by atoms with van der Waals surface area (Å²) in [5, 5.41) is 3.08. The highest BCUT2D eigenvalue weighted by Gasteiger charge is 2.11. The predicted molar refractivity (Wildman–Crippen MR) is 79.7 cm³/mol. The Hall–Kier alpha value is -2.07. The van der Waals surface area contributed by atoms with Gasteiger partial charge in [0.15, 0.2) is 0 Å². The minimum atomic E-state index is -0.249. The van der Waals surface area contributed by atoms with Gasteiger partial charge in [-0.15, -0.1) is 0 Å². The molecule has 2 rings (SSSR count). The van der Waals surface area contributed by atoms with Crippen LogP contribution in [0.2, 0.25) is 5.15 Å². The van der Waals surface area contributed by atoms with E-state index in [0.717, 1.165) is 16.8 Å². The molecule has 2 aromatic rings. The number of nitrogens with zero attached hydrogens (tertiary/aromatic N) is 1. The molecule has 104 valence electrons. The van der Waals surface area contributed by atoms with Gasteiger partial charge in [-0.2, -0.15) is 0 Å². The highest BCUT2D eigenvalue weighted by Crippen LogP contribution is 2.20. The van der Waals surface area contributed by atoms with E-state index in [0.29, 0.717) is 11.4 Å². The summed E-state index contributed by atoms with van der Waals surface area (Å²) in [6.07, 6.45) is 0. The molecule has 0 fully saturated rings. The molecule has 1 amide bonds. The van der Waals surface area contributed by atoms with Crippen LogP contribution in [0.25, 0.3) is 0 Å². The van der Waals surface area contributed by atoms with E-state index in [-0.39, 0.29) is 11.1 Å². The molecule has 0 unspecified atom stereocenters. The first-order chi connectivity index (χ1) is 9.49. The number of carbonyl (C=O) groups is 1. The summed E-state index contributed by atoms with van der Waals surface area (Å²) in [4.78, 5) is 16.2. The van der Waals surface area contributed by atoms with Gasteiger partial charge in [-0.3, -0.25) is 4.79 Å². The maximum atomic E-state index is 12.2. The number of aryl methyl sites for hydroxylation is 2. The zero-order chi connectivity index (χ0) is 14.7. The monoisotopic (exact) mass is 290 g/mol. The summed E-state index contributed by atoms with van der Waals surface area (Å²) in [7, 11) is 1.48. The Morgan fingerprint density at radius 3 is 2.70 bits per heavy atom. The van der Waals surface area contributed by atoms with Gasteiger partial charge < -0.3 is 10.1 Å². The molecule has 0 saturated heterocycles. The molecule has 0 aliphatic rings. The average Bonchev–Trinajstić information content (AvgIpc) is 2.42. The van der Waals surface area contributed by atoms with Gasteiger partial charge in [-0.1, -0.05) is 23.7 Å². The first-order valence-corrected chi connectivity index (χ1v) is 6.47. The van der Waals surface area contributed by atoms with Gasteiger partial charge in [0.2, 0.25) is 5.88 Å². The van der Waals surface area contributed by atoms with Crippen molar-refractivity contribution >= 4 is 23.2 Å². The fraction of sp³-hybridized carbons (Fsp3) is 0.200. The lowest BCUT2D eigenvalue weighted by molar-refractivity contribution is 0.102. The van der Waals surface area contributed by atoms with Crippen LogP contribution in [0.1, 0.15) is 21.5 Å². The summed E-state index contributed by atoms with van der Waals surface area (Å²) in [6, 6.07) is 8.94. The second-order valence-electron chi connectivity index (χ2n) is 4.49. The predicted octanol–water partition coefficient (Wildman–Crippen LogP) is 3.61. The Morgan fingerprint density at radius 1 is 1.25 bits per heavy atom. The van der Waals surface area contributed by atoms with Crippen LogP contribution in [0.5, 0.6) is 5.88 Å². The number of ether oxygens (including phenoxy) is 1. The number of hydrogen-bond acceptors (Lipinski definition) is 3. The molecule has 20 heavy (non-hydrogen) atoms. The van der Waals surface area contributed by atoms with E-state index < -0.39 is 0 Å². The van der Waals surface area contributed by atoms with Gasteiger partial charge in [-0.05, 0) is 37.1 Å². The zero-order valence-electron chi connectivity index (χ0n) is 11.5. The Morgan fingerprint density at radius 2 is 2.00 bits per heavy atom. The number of benzene rings is 1. The van der Waals surface area contributed by atoms with Crippen molar-refractivity contribution in [2.75, 3.05) is 12.4 Å². The standard InChI is InChI=1S/C15H15ClN2O2/c1-9-4-5-10(2)12(6-9)17-15(19)11-7-13(16)18-14(8-11)20-3/h4-8H,1-3H3,(H,17,19). The molecule has 1 heterocycles. The van der Waals surface area contributed by atoms with Gasteiger partial charge in [-0.25, -0.2) is 4.98 Å². The third kappa shape index (κ3) is 3.27. The van der Waals surface area contributed by atoms with E-state index in [9.17, 15) is 4.79 Å². The molecule has 1 aromatic carbocycles. The molecule has 0 atom stereocenters. The van der Waals surface area contributed by atoms with Gasteiger partial charge in [0.05, 0.1) is 7.11 Å². The number of aromatic nitrogens is 1. The number of amides is 1. The van der Waals surface area contributed by atoms with Crippen LogP contribution in [0.3, 0.4) is 0 Å². The Kier molecular flexibility index (Phi) is 4.25. The number of nitrogens with one attached hydrogen (secondary N) is 1. The van der Waals surface area contributed by atoms with E-state index in [1.165, 1.54) is 13.2 Å². The number of pyridine rings is 1. The third-order valence-corrected chi connectivity index (χ3v) is 3.08. The van der Waals surface area contributed by atoms with Crippen molar-refractivity contribution in [1.29, 1.82) is 0 Å². The van der Waals surface area contributed by atoms with Crippen molar-refractivity contribution < 1.29 is 9.53 Å². The molecular weight excluding hydrogens is 276 g/mol. The van der Waals surface area contributed by atoms with Crippen LogP contribution in [0.4, 0.5) is 5.69 Å². The highest BCUT2D eigenvalue weighted by molar-refractivity contribution is 6.30. The lowest BCUT2D eigenvalue weighted by Crippen LogP contribution is -2.13. The summed E-state index contributed by atoms with van der Waals surface area (Å²) in [5.74, 6) is 0.0601. The van der Waals surface area contributed by atoms with Crippen LogP contribution < -0.4 is 10.1 Å².